The Morgan fingerprint density at radius 1 is 0.893 bits per heavy atom. The topological polar surface area (TPSA) is 43.3 Å². The van der Waals surface area contributed by atoms with Gasteiger partial charge in [-0.1, -0.05) is 24.6 Å². The lowest BCUT2D eigenvalue weighted by Gasteiger charge is -2.49. The molecule has 6 rings (SSSR count). The first-order valence-electron chi connectivity index (χ1n) is 10.4. The van der Waals surface area contributed by atoms with E-state index in [2.05, 4.69) is 41.4 Å². The molecule has 5 nitrogen and oxygen atoms in total. The SMILES string of the molecule is c1ccc2c(c1)OC1(CCCCC1)N1N=C(c3ccc4c(c3)OCCO4)CC21. The van der Waals surface area contributed by atoms with Crippen LogP contribution in [0, 0.1) is 0 Å². The monoisotopic (exact) mass is 376 g/mol. The first-order chi connectivity index (χ1) is 13.8. The summed E-state index contributed by atoms with van der Waals surface area (Å²) in [7, 11) is 0. The van der Waals surface area contributed by atoms with Gasteiger partial charge in [0, 0.05) is 30.4 Å². The Morgan fingerprint density at radius 2 is 1.71 bits per heavy atom. The lowest BCUT2D eigenvalue weighted by Crippen LogP contribution is -2.54. The summed E-state index contributed by atoms with van der Waals surface area (Å²) >= 11 is 0. The Hall–Kier alpha value is -2.69. The zero-order valence-corrected chi connectivity index (χ0v) is 15.9. The van der Waals surface area contributed by atoms with Crippen LogP contribution in [-0.4, -0.2) is 29.7 Å². The smallest absolute Gasteiger partial charge is 0.198 e. The van der Waals surface area contributed by atoms with Crippen molar-refractivity contribution < 1.29 is 14.2 Å². The van der Waals surface area contributed by atoms with E-state index in [4.69, 9.17) is 19.3 Å². The lowest BCUT2D eigenvalue weighted by atomic mass is 9.86. The zero-order valence-electron chi connectivity index (χ0n) is 15.9. The van der Waals surface area contributed by atoms with E-state index >= 15 is 0 Å². The van der Waals surface area contributed by atoms with Crippen molar-refractivity contribution >= 4 is 5.71 Å². The van der Waals surface area contributed by atoms with Crippen LogP contribution in [0.1, 0.15) is 55.7 Å². The van der Waals surface area contributed by atoms with Gasteiger partial charge in [-0.3, -0.25) is 0 Å². The molecule has 144 valence electrons. The second-order valence-corrected chi connectivity index (χ2v) is 8.12. The van der Waals surface area contributed by atoms with Crippen molar-refractivity contribution in [3.05, 3.63) is 53.6 Å². The van der Waals surface area contributed by atoms with Crippen LogP contribution in [-0.2, 0) is 0 Å². The molecule has 1 unspecified atom stereocenters. The van der Waals surface area contributed by atoms with Gasteiger partial charge < -0.3 is 14.2 Å². The number of hydrazone groups is 1. The fourth-order valence-corrected chi connectivity index (χ4v) is 5.06. The first kappa shape index (κ1) is 16.3. The molecular formula is C23H24N2O3. The van der Waals surface area contributed by atoms with Gasteiger partial charge >= 0.3 is 0 Å². The first-order valence-corrected chi connectivity index (χ1v) is 10.4. The van der Waals surface area contributed by atoms with E-state index in [9.17, 15) is 0 Å². The number of nitrogens with zero attached hydrogens (tertiary/aromatic N) is 2. The summed E-state index contributed by atoms with van der Waals surface area (Å²) in [5.41, 5.74) is 3.16. The maximum atomic E-state index is 6.62. The van der Waals surface area contributed by atoms with E-state index in [1.807, 2.05) is 6.07 Å². The highest BCUT2D eigenvalue weighted by Gasteiger charge is 2.50. The van der Waals surface area contributed by atoms with Gasteiger partial charge in [0.15, 0.2) is 17.2 Å². The largest absolute Gasteiger partial charge is 0.486 e. The summed E-state index contributed by atoms with van der Waals surface area (Å²) in [6.07, 6.45) is 6.64. The predicted octanol–water partition coefficient (Wildman–Crippen LogP) is 4.66. The predicted molar refractivity (Wildman–Crippen MR) is 106 cm³/mol. The molecule has 0 saturated heterocycles. The number of fused-ring (bicyclic) bond motifs is 5. The van der Waals surface area contributed by atoms with Gasteiger partial charge in [0.25, 0.3) is 0 Å². The maximum Gasteiger partial charge on any atom is 0.198 e. The van der Waals surface area contributed by atoms with Gasteiger partial charge in [0.05, 0.1) is 11.8 Å². The van der Waals surface area contributed by atoms with Gasteiger partial charge in [0.1, 0.15) is 19.0 Å². The third-order valence-corrected chi connectivity index (χ3v) is 6.42. The zero-order chi connectivity index (χ0) is 18.6. The standard InChI is InChI=1S/C23H24N2O3/c1-4-10-23(11-5-1)25-19(17-6-2-3-7-20(17)28-23)15-18(24-25)16-8-9-21-22(14-16)27-13-12-26-21/h2-3,6-9,14,19H,1,4-5,10-13,15H2. The molecule has 5 heteroatoms. The molecule has 1 saturated carbocycles. The summed E-state index contributed by atoms with van der Waals surface area (Å²) in [5.74, 6) is 2.67. The van der Waals surface area contributed by atoms with Crippen LogP contribution >= 0.6 is 0 Å². The average molecular weight is 376 g/mol. The molecule has 1 fully saturated rings. The van der Waals surface area contributed by atoms with Crippen molar-refractivity contribution in [1.82, 2.24) is 5.01 Å². The maximum absolute atomic E-state index is 6.62. The Bertz CT molecular complexity index is 949. The molecule has 28 heavy (non-hydrogen) atoms. The second kappa shape index (κ2) is 6.16. The lowest BCUT2D eigenvalue weighted by molar-refractivity contribution is -0.140. The van der Waals surface area contributed by atoms with Gasteiger partial charge in [-0.15, -0.1) is 0 Å². The molecule has 0 aromatic heterocycles. The third kappa shape index (κ3) is 2.42. The molecule has 3 heterocycles. The second-order valence-electron chi connectivity index (χ2n) is 8.12. The highest BCUT2D eigenvalue weighted by Crippen LogP contribution is 2.51. The molecule has 2 aromatic rings. The molecular weight excluding hydrogens is 352 g/mol. The van der Waals surface area contributed by atoms with Gasteiger partial charge in [-0.2, -0.15) is 5.10 Å². The summed E-state index contributed by atoms with van der Waals surface area (Å²) in [6.45, 7) is 1.21. The number of hydrogen-bond acceptors (Lipinski definition) is 5. The summed E-state index contributed by atoms with van der Waals surface area (Å²) < 4.78 is 18.1. The average Bonchev–Trinajstić information content (AvgIpc) is 3.21. The molecule has 2 aromatic carbocycles. The van der Waals surface area contributed by atoms with Crippen LogP contribution < -0.4 is 14.2 Å². The van der Waals surface area contributed by atoms with Crippen molar-refractivity contribution in [3.63, 3.8) is 0 Å². The normalized spacial score (nSPS) is 24.2. The highest BCUT2D eigenvalue weighted by atomic mass is 16.6. The van der Waals surface area contributed by atoms with E-state index in [0.29, 0.717) is 13.2 Å². The molecule has 1 spiro atoms. The Labute approximate surface area is 164 Å². The van der Waals surface area contributed by atoms with Crippen LogP contribution in [0.25, 0.3) is 0 Å². The van der Waals surface area contributed by atoms with E-state index in [-0.39, 0.29) is 11.8 Å². The fourth-order valence-electron chi connectivity index (χ4n) is 5.06. The Balaban J connectivity index is 1.41. The van der Waals surface area contributed by atoms with E-state index < -0.39 is 0 Å². The van der Waals surface area contributed by atoms with E-state index in [0.717, 1.165) is 47.8 Å². The molecule has 0 N–H and O–H groups in total. The van der Waals surface area contributed by atoms with Crippen LogP contribution in [0.4, 0.5) is 0 Å². The number of ether oxygens (including phenoxy) is 3. The summed E-state index contributed by atoms with van der Waals surface area (Å²) in [5, 5.41) is 7.41. The van der Waals surface area contributed by atoms with Crippen molar-refractivity contribution in [1.29, 1.82) is 0 Å². The minimum atomic E-state index is -0.299. The quantitative estimate of drug-likeness (QED) is 0.726. The van der Waals surface area contributed by atoms with Crippen LogP contribution in [0.15, 0.2) is 47.6 Å². The summed E-state index contributed by atoms with van der Waals surface area (Å²) in [6, 6.07) is 14.9. The van der Waals surface area contributed by atoms with Crippen molar-refractivity contribution in [2.45, 2.75) is 50.3 Å². The van der Waals surface area contributed by atoms with Crippen molar-refractivity contribution in [2.24, 2.45) is 5.10 Å². The van der Waals surface area contributed by atoms with Gasteiger partial charge in [-0.05, 0) is 37.1 Å². The molecule has 1 atom stereocenters. The molecule has 0 bridgehead atoms. The Kier molecular flexibility index (Phi) is 3.58. The molecule has 4 aliphatic rings. The fraction of sp³-hybridized carbons (Fsp3) is 0.435. The van der Waals surface area contributed by atoms with Crippen LogP contribution in [0.5, 0.6) is 17.2 Å². The van der Waals surface area contributed by atoms with Crippen LogP contribution in [0.2, 0.25) is 0 Å². The number of para-hydroxylation sites is 1. The van der Waals surface area contributed by atoms with E-state index in [1.165, 1.54) is 24.8 Å². The minimum absolute atomic E-state index is 0.242. The molecule has 1 aliphatic carbocycles. The third-order valence-electron chi connectivity index (χ3n) is 6.42. The number of hydrogen-bond donors (Lipinski definition) is 0. The van der Waals surface area contributed by atoms with Crippen LogP contribution in [0.3, 0.4) is 0 Å². The molecule has 0 radical (unpaired) electrons. The van der Waals surface area contributed by atoms with E-state index in [1.54, 1.807) is 0 Å². The highest BCUT2D eigenvalue weighted by molar-refractivity contribution is 6.02. The van der Waals surface area contributed by atoms with Crippen molar-refractivity contribution in [2.75, 3.05) is 13.2 Å². The van der Waals surface area contributed by atoms with Gasteiger partial charge in [-0.25, -0.2) is 5.01 Å². The summed E-state index contributed by atoms with van der Waals surface area (Å²) in [4.78, 5) is 0. The number of rotatable bonds is 1. The molecule has 3 aliphatic heterocycles. The minimum Gasteiger partial charge on any atom is -0.486 e. The Morgan fingerprint density at radius 3 is 2.61 bits per heavy atom. The van der Waals surface area contributed by atoms with Crippen molar-refractivity contribution in [3.8, 4) is 17.2 Å². The van der Waals surface area contributed by atoms with Gasteiger partial charge in [0.2, 0.25) is 0 Å². The molecule has 0 amide bonds. The number of benzene rings is 2.